The SMILES string of the molecule is CCCOC[C@@H]1CCN(C(=O)c2cnc3cc(C)[nH]n3c2=O)C1. The molecule has 1 N–H and O–H groups in total. The van der Waals surface area contributed by atoms with Crippen molar-refractivity contribution in [3.8, 4) is 0 Å². The number of likely N-dealkylation sites (tertiary alicyclic amines) is 1. The molecule has 0 aliphatic carbocycles. The molecule has 0 radical (unpaired) electrons. The van der Waals surface area contributed by atoms with Crippen molar-refractivity contribution in [2.24, 2.45) is 5.92 Å². The number of hydrogen-bond donors (Lipinski definition) is 1. The summed E-state index contributed by atoms with van der Waals surface area (Å²) in [6.07, 6.45) is 3.29. The normalized spacial score (nSPS) is 18.0. The lowest BCUT2D eigenvalue weighted by Gasteiger charge is -2.16. The third kappa shape index (κ3) is 3.14. The number of H-pyrrole nitrogens is 1. The van der Waals surface area contributed by atoms with Crippen LogP contribution in [0.3, 0.4) is 0 Å². The van der Waals surface area contributed by atoms with E-state index in [4.69, 9.17) is 4.74 Å². The first-order chi connectivity index (χ1) is 11.1. The Labute approximate surface area is 134 Å². The van der Waals surface area contributed by atoms with E-state index in [-0.39, 0.29) is 17.0 Å². The predicted molar refractivity (Wildman–Crippen MR) is 85.7 cm³/mol. The van der Waals surface area contributed by atoms with E-state index >= 15 is 0 Å². The highest BCUT2D eigenvalue weighted by atomic mass is 16.5. The summed E-state index contributed by atoms with van der Waals surface area (Å²) in [5, 5.41) is 2.91. The van der Waals surface area contributed by atoms with Gasteiger partial charge in [-0.15, -0.1) is 0 Å². The van der Waals surface area contributed by atoms with Crippen molar-refractivity contribution in [2.45, 2.75) is 26.7 Å². The van der Waals surface area contributed by atoms with E-state index in [1.54, 1.807) is 11.0 Å². The molecule has 124 valence electrons. The number of nitrogens with zero attached hydrogens (tertiary/aromatic N) is 3. The van der Waals surface area contributed by atoms with Crippen molar-refractivity contribution in [3.63, 3.8) is 0 Å². The molecule has 7 nitrogen and oxygen atoms in total. The van der Waals surface area contributed by atoms with Gasteiger partial charge in [-0.1, -0.05) is 6.92 Å². The minimum absolute atomic E-state index is 0.111. The number of aryl methyl sites for hydroxylation is 1. The molecular weight excluding hydrogens is 296 g/mol. The van der Waals surface area contributed by atoms with Gasteiger partial charge in [0.15, 0.2) is 5.65 Å². The summed E-state index contributed by atoms with van der Waals surface area (Å²) < 4.78 is 6.88. The molecule has 1 saturated heterocycles. The van der Waals surface area contributed by atoms with Gasteiger partial charge < -0.3 is 9.64 Å². The Bertz CT molecular complexity index is 764. The van der Waals surface area contributed by atoms with E-state index in [0.29, 0.717) is 31.3 Å². The molecule has 2 aromatic rings. The quantitative estimate of drug-likeness (QED) is 0.841. The largest absolute Gasteiger partial charge is 0.381 e. The van der Waals surface area contributed by atoms with Crippen molar-refractivity contribution >= 4 is 11.6 Å². The molecule has 23 heavy (non-hydrogen) atoms. The average Bonchev–Trinajstić information content (AvgIpc) is 3.14. The molecule has 0 unspecified atom stereocenters. The van der Waals surface area contributed by atoms with Crippen molar-refractivity contribution < 1.29 is 9.53 Å². The van der Waals surface area contributed by atoms with Crippen LogP contribution in [0.5, 0.6) is 0 Å². The van der Waals surface area contributed by atoms with Crippen LogP contribution in [0.15, 0.2) is 17.1 Å². The fourth-order valence-electron chi connectivity index (χ4n) is 2.94. The summed E-state index contributed by atoms with van der Waals surface area (Å²) in [5.41, 5.74) is 1.11. The minimum Gasteiger partial charge on any atom is -0.381 e. The molecule has 1 aliphatic rings. The second-order valence-corrected chi connectivity index (χ2v) is 6.09. The van der Waals surface area contributed by atoms with Crippen LogP contribution < -0.4 is 5.56 Å². The monoisotopic (exact) mass is 318 g/mol. The number of aromatic nitrogens is 3. The van der Waals surface area contributed by atoms with Crippen LogP contribution in [0, 0.1) is 12.8 Å². The summed E-state index contributed by atoms with van der Waals surface area (Å²) >= 11 is 0. The first-order valence-electron chi connectivity index (χ1n) is 8.04. The number of aromatic amines is 1. The van der Waals surface area contributed by atoms with E-state index in [1.807, 2.05) is 6.92 Å². The molecule has 3 rings (SSSR count). The summed E-state index contributed by atoms with van der Waals surface area (Å²) in [6.45, 7) is 6.63. The zero-order valence-corrected chi connectivity index (χ0v) is 13.5. The number of carbonyl (C=O) groups is 1. The second-order valence-electron chi connectivity index (χ2n) is 6.09. The molecule has 1 fully saturated rings. The van der Waals surface area contributed by atoms with Crippen molar-refractivity contribution in [2.75, 3.05) is 26.3 Å². The fraction of sp³-hybridized carbons (Fsp3) is 0.562. The maximum Gasteiger partial charge on any atom is 0.285 e. The third-order valence-electron chi connectivity index (χ3n) is 4.13. The maximum absolute atomic E-state index is 12.6. The highest BCUT2D eigenvalue weighted by molar-refractivity contribution is 5.93. The lowest BCUT2D eigenvalue weighted by atomic mass is 10.1. The summed E-state index contributed by atoms with van der Waals surface area (Å²) in [6, 6.07) is 1.77. The molecule has 1 amide bonds. The van der Waals surface area contributed by atoms with Crippen LogP contribution >= 0.6 is 0 Å². The van der Waals surface area contributed by atoms with Crippen LogP contribution in [0.4, 0.5) is 0 Å². The molecule has 7 heteroatoms. The highest BCUT2D eigenvalue weighted by Gasteiger charge is 2.29. The van der Waals surface area contributed by atoms with Gasteiger partial charge in [-0.05, 0) is 19.8 Å². The number of hydrogen-bond acceptors (Lipinski definition) is 4. The predicted octanol–water partition coefficient (Wildman–Crippen LogP) is 1.22. The van der Waals surface area contributed by atoms with Crippen LogP contribution in [-0.2, 0) is 4.74 Å². The first-order valence-corrected chi connectivity index (χ1v) is 8.04. The Balaban J connectivity index is 1.74. The summed E-state index contributed by atoms with van der Waals surface area (Å²) in [5.74, 6) is 0.0971. The topological polar surface area (TPSA) is 79.7 Å². The smallest absolute Gasteiger partial charge is 0.285 e. The Hall–Kier alpha value is -2.15. The lowest BCUT2D eigenvalue weighted by molar-refractivity contribution is 0.0752. The molecule has 3 heterocycles. The van der Waals surface area contributed by atoms with E-state index < -0.39 is 0 Å². The third-order valence-corrected chi connectivity index (χ3v) is 4.13. The van der Waals surface area contributed by atoms with E-state index in [0.717, 1.165) is 25.1 Å². The number of nitrogens with one attached hydrogen (secondary N) is 1. The Morgan fingerprint density at radius 2 is 2.35 bits per heavy atom. The first kappa shape index (κ1) is 15.7. The van der Waals surface area contributed by atoms with Crippen LogP contribution in [0.25, 0.3) is 5.65 Å². The number of carbonyl (C=O) groups excluding carboxylic acids is 1. The summed E-state index contributed by atoms with van der Waals surface area (Å²) in [4.78, 5) is 31.0. The van der Waals surface area contributed by atoms with Gasteiger partial charge in [0, 0.05) is 43.6 Å². The molecule has 1 aliphatic heterocycles. The van der Waals surface area contributed by atoms with Crippen molar-refractivity contribution in [1.82, 2.24) is 19.5 Å². The lowest BCUT2D eigenvalue weighted by Crippen LogP contribution is -2.35. The average molecular weight is 318 g/mol. The molecule has 2 aromatic heterocycles. The van der Waals surface area contributed by atoms with Gasteiger partial charge in [-0.3, -0.25) is 14.7 Å². The molecule has 1 atom stereocenters. The van der Waals surface area contributed by atoms with E-state index in [2.05, 4.69) is 17.0 Å². The Morgan fingerprint density at radius 3 is 3.13 bits per heavy atom. The zero-order chi connectivity index (χ0) is 16.4. The molecular formula is C16H22N4O3. The fourth-order valence-corrected chi connectivity index (χ4v) is 2.94. The van der Waals surface area contributed by atoms with Crippen LogP contribution in [0.1, 0.15) is 35.8 Å². The van der Waals surface area contributed by atoms with Gasteiger partial charge in [0.2, 0.25) is 0 Å². The van der Waals surface area contributed by atoms with Gasteiger partial charge in [0.05, 0.1) is 6.61 Å². The molecule has 0 bridgehead atoms. The molecule has 0 aromatic carbocycles. The zero-order valence-electron chi connectivity index (χ0n) is 13.5. The maximum atomic E-state index is 12.6. The minimum atomic E-state index is -0.348. The number of fused-ring (bicyclic) bond motifs is 1. The number of ether oxygens (including phenoxy) is 1. The number of rotatable bonds is 5. The van der Waals surface area contributed by atoms with E-state index in [9.17, 15) is 9.59 Å². The van der Waals surface area contributed by atoms with Gasteiger partial charge in [-0.2, -0.15) is 0 Å². The molecule has 0 spiro atoms. The standard InChI is InChI=1S/C16H22N4O3/c1-3-6-23-10-12-4-5-19(9-12)15(21)13-8-17-14-7-11(2)18-20(14)16(13)22/h7-8,12,18H,3-6,9-10H2,1-2H3/t12-/m1/s1. The van der Waals surface area contributed by atoms with Gasteiger partial charge in [0.1, 0.15) is 5.56 Å². The van der Waals surface area contributed by atoms with Crippen LogP contribution in [-0.4, -0.2) is 51.7 Å². The van der Waals surface area contributed by atoms with Crippen molar-refractivity contribution in [3.05, 3.63) is 33.9 Å². The van der Waals surface area contributed by atoms with Crippen molar-refractivity contribution in [1.29, 1.82) is 0 Å². The van der Waals surface area contributed by atoms with Gasteiger partial charge in [0.25, 0.3) is 11.5 Å². The highest BCUT2D eigenvalue weighted by Crippen LogP contribution is 2.18. The van der Waals surface area contributed by atoms with Gasteiger partial charge in [-0.25, -0.2) is 9.50 Å². The molecule has 0 saturated carbocycles. The number of amides is 1. The Morgan fingerprint density at radius 1 is 1.52 bits per heavy atom. The van der Waals surface area contributed by atoms with Gasteiger partial charge >= 0.3 is 0 Å². The second kappa shape index (κ2) is 6.54. The summed E-state index contributed by atoms with van der Waals surface area (Å²) in [7, 11) is 0. The van der Waals surface area contributed by atoms with E-state index in [1.165, 1.54) is 10.7 Å². The van der Waals surface area contributed by atoms with Crippen LogP contribution in [0.2, 0.25) is 0 Å². The Kier molecular flexibility index (Phi) is 4.47.